The SMILES string of the molecule is C[C@@H]1CN(C(=O)[C@H]2CCN(C)C[C@@H]2c2ccccc2)[C@H](C)c2nc(NC3CCOCC3)ncc21. The smallest absolute Gasteiger partial charge is 0.226 e. The van der Waals surface area contributed by atoms with Crippen LogP contribution in [0.3, 0.4) is 0 Å². The molecule has 0 radical (unpaired) electrons. The summed E-state index contributed by atoms with van der Waals surface area (Å²) in [7, 11) is 2.16. The number of carbonyl (C=O) groups excluding carboxylic acids is 1. The van der Waals surface area contributed by atoms with Crippen molar-refractivity contribution in [1.29, 1.82) is 0 Å². The average Bonchev–Trinajstić information content (AvgIpc) is 2.87. The Kier molecular flexibility index (Phi) is 6.84. The first-order valence-electron chi connectivity index (χ1n) is 12.8. The van der Waals surface area contributed by atoms with Gasteiger partial charge in [-0.2, -0.15) is 0 Å². The van der Waals surface area contributed by atoms with Crippen molar-refractivity contribution in [3.63, 3.8) is 0 Å². The van der Waals surface area contributed by atoms with Crippen molar-refractivity contribution < 1.29 is 9.53 Å². The summed E-state index contributed by atoms with van der Waals surface area (Å²) in [5, 5.41) is 3.50. The quantitative estimate of drug-likeness (QED) is 0.744. The lowest BCUT2D eigenvalue weighted by Crippen LogP contribution is -2.49. The van der Waals surface area contributed by atoms with Crippen LogP contribution in [-0.2, 0) is 9.53 Å². The van der Waals surface area contributed by atoms with E-state index < -0.39 is 0 Å². The third-order valence-corrected chi connectivity index (χ3v) is 7.91. The lowest BCUT2D eigenvalue weighted by molar-refractivity contribution is -0.141. The van der Waals surface area contributed by atoms with E-state index in [1.807, 2.05) is 12.3 Å². The van der Waals surface area contributed by atoms with Crippen molar-refractivity contribution >= 4 is 11.9 Å². The Morgan fingerprint density at radius 1 is 1.09 bits per heavy atom. The Bertz CT molecular complexity index is 994. The van der Waals surface area contributed by atoms with Crippen molar-refractivity contribution in [1.82, 2.24) is 19.8 Å². The minimum absolute atomic E-state index is 0.00327. The van der Waals surface area contributed by atoms with Crippen LogP contribution in [0.25, 0.3) is 0 Å². The Morgan fingerprint density at radius 3 is 2.62 bits per heavy atom. The van der Waals surface area contributed by atoms with E-state index in [0.717, 1.165) is 63.4 Å². The number of likely N-dealkylation sites (tertiary alicyclic amines) is 1. The number of nitrogens with one attached hydrogen (secondary N) is 1. The monoisotopic (exact) mass is 463 g/mol. The van der Waals surface area contributed by atoms with E-state index in [0.29, 0.717) is 12.0 Å². The molecular weight excluding hydrogens is 426 g/mol. The molecule has 7 nitrogen and oxygen atoms in total. The molecule has 7 heteroatoms. The third-order valence-electron chi connectivity index (χ3n) is 7.91. The molecule has 2 saturated heterocycles. The van der Waals surface area contributed by atoms with Gasteiger partial charge in [0.1, 0.15) is 0 Å². The number of benzene rings is 1. The number of aromatic nitrogens is 2. The maximum Gasteiger partial charge on any atom is 0.226 e. The number of likely N-dealkylation sites (N-methyl/N-ethyl adjacent to an activating group) is 1. The van der Waals surface area contributed by atoms with Crippen LogP contribution in [0.5, 0.6) is 0 Å². The molecule has 0 unspecified atom stereocenters. The zero-order valence-electron chi connectivity index (χ0n) is 20.6. The molecule has 1 amide bonds. The maximum absolute atomic E-state index is 14.0. The largest absolute Gasteiger partial charge is 0.381 e. The Morgan fingerprint density at radius 2 is 1.85 bits per heavy atom. The number of amides is 1. The van der Waals surface area contributed by atoms with E-state index in [9.17, 15) is 4.79 Å². The molecule has 4 heterocycles. The first kappa shape index (κ1) is 23.2. The summed E-state index contributed by atoms with van der Waals surface area (Å²) < 4.78 is 5.48. The van der Waals surface area contributed by atoms with Crippen LogP contribution in [0.4, 0.5) is 5.95 Å². The molecule has 2 fully saturated rings. The van der Waals surface area contributed by atoms with Crippen LogP contribution in [0.1, 0.15) is 67.8 Å². The van der Waals surface area contributed by atoms with Gasteiger partial charge in [-0.3, -0.25) is 4.79 Å². The number of ether oxygens (including phenoxy) is 1. The molecule has 5 rings (SSSR count). The molecule has 2 aromatic rings. The number of nitrogens with zero attached hydrogens (tertiary/aromatic N) is 4. The fourth-order valence-corrected chi connectivity index (χ4v) is 5.85. The fourth-order valence-electron chi connectivity index (χ4n) is 5.85. The van der Waals surface area contributed by atoms with Crippen molar-refractivity contribution in [3.05, 3.63) is 53.3 Å². The van der Waals surface area contributed by atoms with Crippen molar-refractivity contribution in [2.24, 2.45) is 5.92 Å². The van der Waals surface area contributed by atoms with E-state index in [2.05, 4.69) is 65.3 Å². The predicted octanol–water partition coefficient (Wildman–Crippen LogP) is 3.81. The van der Waals surface area contributed by atoms with Crippen LogP contribution in [0.15, 0.2) is 36.5 Å². The number of rotatable bonds is 4. The molecule has 3 aliphatic heterocycles. The summed E-state index contributed by atoms with van der Waals surface area (Å²) >= 11 is 0. The van der Waals surface area contributed by atoms with Crippen LogP contribution in [0, 0.1) is 5.92 Å². The number of anilines is 1. The van der Waals surface area contributed by atoms with E-state index in [1.165, 1.54) is 5.56 Å². The van der Waals surface area contributed by atoms with Crippen molar-refractivity contribution in [2.75, 3.05) is 45.2 Å². The minimum atomic E-state index is -0.0620. The predicted molar refractivity (Wildman–Crippen MR) is 133 cm³/mol. The number of hydrogen-bond donors (Lipinski definition) is 1. The zero-order valence-corrected chi connectivity index (χ0v) is 20.6. The second kappa shape index (κ2) is 10.0. The fraction of sp³-hybridized carbons (Fsp3) is 0.593. The van der Waals surface area contributed by atoms with Gasteiger partial charge < -0.3 is 19.9 Å². The summed E-state index contributed by atoms with van der Waals surface area (Å²) in [6, 6.07) is 10.8. The molecule has 0 bridgehead atoms. The lowest BCUT2D eigenvalue weighted by atomic mass is 9.79. The van der Waals surface area contributed by atoms with Gasteiger partial charge in [-0.25, -0.2) is 9.97 Å². The molecule has 3 aliphatic rings. The number of fused-ring (bicyclic) bond motifs is 1. The second-order valence-corrected chi connectivity index (χ2v) is 10.3. The summed E-state index contributed by atoms with van der Waals surface area (Å²) in [5.41, 5.74) is 3.41. The van der Waals surface area contributed by atoms with Gasteiger partial charge in [-0.15, -0.1) is 0 Å². The summed E-state index contributed by atoms with van der Waals surface area (Å²) in [6.45, 7) is 8.45. The Hall–Kier alpha value is -2.51. The summed E-state index contributed by atoms with van der Waals surface area (Å²) in [5.74, 6) is 1.36. The normalized spacial score (nSPS) is 28.4. The molecule has 34 heavy (non-hydrogen) atoms. The first-order valence-corrected chi connectivity index (χ1v) is 12.8. The van der Waals surface area contributed by atoms with E-state index in [-0.39, 0.29) is 29.7 Å². The minimum Gasteiger partial charge on any atom is -0.381 e. The third kappa shape index (κ3) is 4.68. The Labute approximate surface area is 202 Å². The molecular formula is C27H37N5O2. The lowest BCUT2D eigenvalue weighted by Gasteiger charge is -2.43. The first-order chi connectivity index (χ1) is 16.5. The molecule has 0 spiro atoms. The highest BCUT2D eigenvalue weighted by Gasteiger charge is 2.41. The highest BCUT2D eigenvalue weighted by Crippen LogP contribution is 2.39. The van der Waals surface area contributed by atoms with Gasteiger partial charge in [0, 0.05) is 56.3 Å². The number of hydrogen-bond acceptors (Lipinski definition) is 6. The Balaban J connectivity index is 1.38. The molecule has 0 saturated carbocycles. The van der Waals surface area contributed by atoms with Crippen LogP contribution in [0.2, 0.25) is 0 Å². The van der Waals surface area contributed by atoms with Gasteiger partial charge in [0.2, 0.25) is 11.9 Å². The van der Waals surface area contributed by atoms with Crippen LogP contribution in [-0.4, -0.2) is 71.6 Å². The van der Waals surface area contributed by atoms with E-state index >= 15 is 0 Å². The van der Waals surface area contributed by atoms with Gasteiger partial charge in [0.25, 0.3) is 0 Å². The molecule has 1 aromatic carbocycles. The van der Waals surface area contributed by atoms with E-state index in [1.54, 1.807) is 0 Å². The van der Waals surface area contributed by atoms with Gasteiger partial charge in [0.05, 0.1) is 11.7 Å². The summed E-state index contributed by atoms with van der Waals surface area (Å²) in [6.07, 6.45) is 4.79. The number of carbonyl (C=O) groups is 1. The molecule has 0 aliphatic carbocycles. The van der Waals surface area contributed by atoms with Gasteiger partial charge in [0.15, 0.2) is 0 Å². The highest BCUT2D eigenvalue weighted by atomic mass is 16.5. The maximum atomic E-state index is 14.0. The standard InChI is InChI=1S/C27H37N5O2/c1-18-16-32(26(33)22-9-12-31(3)17-24(22)20-7-5-4-6-8-20)19(2)25-23(18)15-28-27(30-25)29-21-10-13-34-14-11-21/h4-8,15,18-19,21-22,24H,9-14,16-17H2,1-3H3,(H,28,29,30)/t18-,19-,22+,24-/m1/s1. The molecule has 1 aromatic heterocycles. The van der Waals surface area contributed by atoms with Crippen molar-refractivity contribution in [3.8, 4) is 0 Å². The highest BCUT2D eigenvalue weighted by molar-refractivity contribution is 5.81. The topological polar surface area (TPSA) is 70.6 Å². The van der Waals surface area contributed by atoms with Crippen LogP contribution >= 0.6 is 0 Å². The van der Waals surface area contributed by atoms with E-state index in [4.69, 9.17) is 9.72 Å². The second-order valence-electron chi connectivity index (χ2n) is 10.3. The average molecular weight is 464 g/mol. The zero-order chi connectivity index (χ0) is 23.7. The van der Waals surface area contributed by atoms with Gasteiger partial charge in [-0.05, 0) is 50.9 Å². The van der Waals surface area contributed by atoms with Gasteiger partial charge >= 0.3 is 0 Å². The molecule has 4 atom stereocenters. The van der Waals surface area contributed by atoms with Gasteiger partial charge in [-0.1, -0.05) is 37.3 Å². The molecule has 1 N–H and O–H groups in total. The van der Waals surface area contributed by atoms with Crippen LogP contribution < -0.4 is 5.32 Å². The summed E-state index contributed by atoms with van der Waals surface area (Å²) in [4.78, 5) is 28.0. The van der Waals surface area contributed by atoms with Crippen molar-refractivity contribution in [2.45, 2.75) is 57.0 Å². The molecule has 182 valence electrons. The number of piperidine rings is 1.